The molecule has 112 valence electrons. The van der Waals surface area contributed by atoms with E-state index in [9.17, 15) is 13.2 Å². The summed E-state index contributed by atoms with van der Waals surface area (Å²) in [6.45, 7) is 6.13. The number of rotatable bonds is 5. The number of halogens is 3. The highest BCUT2D eigenvalue weighted by molar-refractivity contribution is 7.80. The third-order valence-corrected chi connectivity index (χ3v) is 3.41. The fraction of sp³-hybridized carbons (Fsp3) is 0.500. The first kappa shape index (κ1) is 16.8. The molecule has 0 saturated carbocycles. The first-order valence-electron chi connectivity index (χ1n) is 6.44. The van der Waals surface area contributed by atoms with Crippen LogP contribution in [0, 0.1) is 5.92 Å². The Morgan fingerprint density at radius 2 is 1.95 bits per heavy atom. The van der Waals surface area contributed by atoms with Crippen LogP contribution in [0.2, 0.25) is 0 Å². The van der Waals surface area contributed by atoms with Crippen molar-refractivity contribution in [1.82, 2.24) is 0 Å². The molecule has 0 bridgehead atoms. The number of anilines is 1. The summed E-state index contributed by atoms with van der Waals surface area (Å²) in [7, 11) is 0. The van der Waals surface area contributed by atoms with Gasteiger partial charge in [-0.1, -0.05) is 33.0 Å². The number of hydrogen-bond donors (Lipinski definition) is 2. The molecule has 0 amide bonds. The minimum Gasteiger partial charge on any atom is -0.389 e. The Bertz CT molecular complexity index is 484. The SMILES string of the molecule is CCC(Nc1ccc(C(F)(F)F)c(C(N)=S)c1)C(C)C. The summed E-state index contributed by atoms with van der Waals surface area (Å²) in [6, 6.07) is 3.99. The standard InChI is InChI=1S/C14H19F3N2S/c1-4-12(8(2)3)19-9-5-6-11(14(15,16)17)10(7-9)13(18)20/h5-8,12,19H,4H2,1-3H3,(H2,18,20). The Morgan fingerprint density at radius 3 is 2.35 bits per heavy atom. The number of nitrogens with two attached hydrogens (primary N) is 1. The van der Waals surface area contributed by atoms with E-state index in [1.807, 2.05) is 6.92 Å². The molecule has 3 N–H and O–H groups in total. The molecule has 0 heterocycles. The molecule has 0 aliphatic carbocycles. The van der Waals surface area contributed by atoms with E-state index in [-0.39, 0.29) is 16.6 Å². The molecule has 6 heteroatoms. The summed E-state index contributed by atoms with van der Waals surface area (Å²) >= 11 is 4.72. The summed E-state index contributed by atoms with van der Waals surface area (Å²) in [5, 5.41) is 3.22. The van der Waals surface area contributed by atoms with Crippen molar-refractivity contribution in [2.24, 2.45) is 11.7 Å². The summed E-state index contributed by atoms with van der Waals surface area (Å²) in [6.07, 6.45) is -3.58. The average Bonchev–Trinajstić information content (AvgIpc) is 2.33. The lowest BCUT2D eigenvalue weighted by molar-refractivity contribution is -0.137. The van der Waals surface area contributed by atoms with Gasteiger partial charge in [0, 0.05) is 17.3 Å². The molecule has 0 aromatic heterocycles. The topological polar surface area (TPSA) is 38.0 Å². The average molecular weight is 304 g/mol. The van der Waals surface area contributed by atoms with E-state index in [1.54, 1.807) is 0 Å². The molecule has 0 radical (unpaired) electrons. The molecule has 0 saturated heterocycles. The second-order valence-corrected chi connectivity index (χ2v) is 5.47. The molecule has 2 nitrogen and oxygen atoms in total. The van der Waals surface area contributed by atoms with Gasteiger partial charge in [-0.3, -0.25) is 0 Å². The van der Waals surface area contributed by atoms with Gasteiger partial charge in [-0.15, -0.1) is 0 Å². The van der Waals surface area contributed by atoms with Gasteiger partial charge in [-0.25, -0.2) is 0 Å². The molecule has 0 spiro atoms. The van der Waals surface area contributed by atoms with Gasteiger partial charge in [-0.05, 0) is 30.5 Å². The van der Waals surface area contributed by atoms with Gasteiger partial charge in [-0.2, -0.15) is 13.2 Å². The minimum absolute atomic E-state index is 0.142. The molecule has 1 unspecified atom stereocenters. The van der Waals surface area contributed by atoms with Gasteiger partial charge in [0.1, 0.15) is 4.99 Å². The van der Waals surface area contributed by atoms with Crippen LogP contribution in [0.4, 0.5) is 18.9 Å². The van der Waals surface area contributed by atoms with Crippen molar-refractivity contribution < 1.29 is 13.2 Å². The minimum atomic E-state index is -4.46. The van der Waals surface area contributed by atoms with Crippen LogP contribution >= 0.6 is 12.2 Å². The third kappa shape index (κ3) is 4.10. The monoisotopic (exact) mass is 304 g/mol. The van der Waals surface area contributed by atoms with Crippen LogP contribution in [0.1, 0.15) is 38.3 Å². The van der Waals surface area contributed by atoms with Crippen LogP contribution in [-0.4, -0.2) is 11.0 Å². The predicted octanol–water partition coefficient (Wildman–Crippen LogP) is 4.19. The summed E-state index contributed by atoms with van der Waals surface area (Å²) < 4.78 is 38.6. The van der Waals surface area contributed by atoms with Gasteiger partial charge < -0.3 is 11.1 Å². The van der Waals surface area contributed by atoms with Gasteiger partial charge in [0.05, 0.1) is 5.56 Å². The van der Waals surface area contributed by atoms with E-state index in [0.29, 0.717) is 11.6 Å². The lowest BCUT2D eigenvalue weighted by atomic mass is 10.0. The third-order valence-electron chi connectivity index (χ3n) is 3.19. The molecular formula is C14H19F3N2S. The van der Waals surface area contributed by atoms with Crippen molar-refractivity contribution in [2.75, 3.05) is 5.32 Å². The van der Waals surface area contributed by atoms with Crippen LogP contribution in [0.15, 0.2) is 18.2 Å². The molecule has 1 atom stereocenters. The Hall–Kier alpha value is -1.30. The van der Waals surface area contributed by atoms with Crippen LogP contribution < -0.4 is 11.1 Å². The molecule has 1 aromatic carbocycles. The number of nitrogens with one attached hydrogen (secondary N) is 1. The molecule has 1 aromatic rings. The van der Waals surface area contributed by atoms with Crippen molar-refractivity contribution in [2.45, 2.75) is 39.4 Å². The number of alkyl halides is 3. The highest BCUT2D eigenvalue weighted by atomic mass is 32.1. The van der Waals surface area contributed by atoms with Crippen molar-refractivity contribution in [3.63, 3.8) is 0 Å². The maximum Gasteiger partial charge on any atom is 0.417 e. The summed E-state index contributed by atoms with van der Waals surface area (Å²) in [5.74, 6) is 0.371. The van der Waals surface area contributed by atoms with E-state index < -0.39 is 11.7 Å². The van der Waals surface area contributed by atoms with Crippen LogP contribution in [0.25, 0.3) is 0 Å². The van der Waals surface area contributed by atoms with E-state index in [2.05, 4.69) is 19.2 Å². The second kappa shape index (κ2) is 6.43. The van der Waals surface area contributed by atoms with E-state index in [4.69, 9.17) is 18.0 Å². The fourth-order valence-electron chi connectivity index (χ4n) is 2.04. The highest BCUT2D eigenvalue weighted by Crippen LogP contribution is 2.33. The fourth-order valence-corrected chi connectivity index (χ4v) is 2.21. The van der Waals surface area contributed by atoms with Gasteiger partial charge in [0.15, 0.2) is 0 Å². The van der Waals surface area contributed by atoms with E-state index >= 15 is 0 Å². The molecule has 0 aliphatic rings. The first-order valence-corrected chi connectivity index (χ1v) is 6.85. The van der Waals surface area contributed by atoms with E-state index in [1.165, 1.54) is 12.1 Å². The zero-order valence-corrected chi connectivity index (χ0v) is 12.5. The van der Waals surface area contributed by atoms with Crippen molar-refractivity contribution in [3.05, 3.63) is 29.3 Å². The van der Waals surface area contributed by atoms with Gasteiger partial charge >= 0.3 is 6.18 Å². The second-order valence-electron chi connectivity index (χ2n) is 5.03. The Kier molecular flexibility index (Phi) is 5.39. The molecule has 0 fully saturated rings. The molecule has 20 heavy (non-hydrogen) atoms. The number of benzene rings is 1. The lowest BCUT2D eigenvalue weighted by Gasteiger charge is -2.23. The summed E-state index contributed by atoms with van der Waals surface area (Å²) in [4.78, 5) is -0.251. The zero-order chi connectivity index (χ0) is 15.5. The van der Waals surface area contributed by atoms with E-state index in [0.717, 1.165) is 12.5 Å². The van der Waals surface area contributed by atoms with Crippen LogP contribution in [0.5, 0.6) is 0 Å². The normalized spacial score (nSPS) is 13.3. The molecular weight excluding hydrogens is 285 g/mol. The smallest absolute Gasteiger partial charge is 0.389 e. The van der Waals surface area contributed by atoms with Crippen molar-refractivity contribution in [3.8, 4) is 0 Å². The maximum absolute atomic E-state index is 12.9. The van der Waals surface area contributed by atoms with Crippen LogP contribution in [-0.2, 0) is 6.18 Å². The number of thiocarbonyl (C=S) groups is 1. The zero-order valence-electron chi connectivity index (χ0n) is 11.7. The van der Waals surface area contributed by atoms with Crippen molar-refractivity contribution in [1.29, 1.82) is 0 Å². The Morgan fingerprint density at radius 1 is 1.35 bits per heavy atom. The predicted molar refractivity (Wildman–Crippen MR) is 79.9 cm³/mol. The molecule has 0 aliphatic heterocycles. The van der Waals surface area contributed by atoms with Crippen molar-refractivity contribution >= 4 is 22.9 Å². The first-order chi connectivity index (χ1) is 9.16. The largest absolute Gasteiger partial charge is 0.417 e. The Balaban J connectivity index is 3.14. The lowest BCUT2D eigenvalue weighted by Crippen LogP contribution is -2.25. The quantitative estimate of drug-likeness (QED) is 0.801. The maximum atomic E-state index is 12.9. The highest BCUT2D eigenvalue weighted by Gasteiger charge is 2.34. The Labute approximate surface area is 122 Å². The number of hydrogen-bond acceptors (Lipinski definition) is 2. The van der Waals surface area contributed by atoms with Gasteiger partial charge in [0.2, 0.25) is 0 Å². The van der Waals surface area contributed by atoms with Crippen LogP contribution in [0.3, 0.4) is 0 Å². The summed E-state index contributed by atoms with van der Waals surface area (Å²) in [5.41, 5.74) is 5.06. The molecule has 1 rings (SSSR count). The van der Waals surface area contributed by atoms with Gasteiger partial charge in [0.25, 0.3) is 0 Å².